The molecule has 0 spiro atoms. The molecular formula is C14H17ClN2O5S. The van der Waals surface area contributed by atoms with Crippen LogP contribution in [0.3, 0.4) is 0 Å². The second-order valence-electron chi connectivity index (χ2n) is 5.25. The molecule has 2 N–H and O–H groups in total. The molecule has 0 aliphatic heterocycles. The second kappa shape index (κ2) is 7.29. The van der Waals surface area contributed by atoms with Crippen molar-refractivity contribution in [3.8, 4) is 0 Å². The molecule has 23 heavy (non-hydrogen) atoms. The number of nitrogens with one attached hydrogen (secondary N) is 2. The molecule has 0 saturated heterocycles. The summed E-state index contributed by atoms with van der Waals surface area (Å²) in [5, 5.41) is 3.06. The number of hydrogen-bond acceptors (Lipinski definition) is 5. The number of carbonyl (C=O) groups excluding carboxylic acids is 2. The highest BCUT2D eigenvalue weighted by Gasteiger charge is 2.26. The molecule has 2 rings (SSSR count). The van der Waals surface area contributed by atoms with Gasteiger partial charge in [-0.1, -0.05) is 11.6 Å². The molecule has 1 aliphatic rings. The fourth-order valence-corrected chi connectivity index (χ4v) is 3.04. The van der Waals surface area contributed by atoms with Gasteiger partial charge in [0.2, 0.25) is 10.0 Å². The number of carbonyl (C=O) groups is 2. The molecular weight excluding hydrogens is 344 g/mol. The highest BCUT2D eigenvalue weighted by Crippen LogP contribution is 2.18. The zero-order valence-corrected chi connectivity index (χ0v) is 14.0. The van der Waals surface area contributed by atoms with Crippen molar-refractivity contribution in [3.05, 3.63) is 29.3 Å². The molecule has 1 saturated carbocycles. The summed E-state index contributed by atoms with van der Waals surface area (Å²) < 4.78 is 31.2. The standard InChI is InChI=1S/C14H17ClN2O5S/c1-9(14(19)22-8-13(18)16-11-4-5-11)17-23(20,21)12-6-2-10(15)3-7-12/h2-3,6-7,9,11,17H,4-5,8H2,1H3,(H,16,18)/t9-/m0/s1. The van der Waals surface area contributed by atoms with Crippen molar-refractivity contribution in [2.45, 2.75) is 36.7 Å². The number of esters is 1. The third-order valence-corrected chi connectivity index (χ3v) is 4.91. The van der Waals surface area contributed by atoms with Crippen LogP contribution in [0.25, 0.3) is 0 Å². The summed E-state index contributed by atoms with van der Waals surface area (Å²) in [5.41, 5.74) is 0. The molecule has 126 valence electrons. The van der Waals surface area contributed by atoms with E-state index in [1.54, 1.807) is 0 Å². The molecule has 1 amide bonds. The van der Waals surface area contributed by atoms with Crippen LogP contribution in [0.4, 0.5) is 0 Å². The summed E-state index contributed by atoms with van der Waals surface area (Å²) >= 11 is 5.70. The van der Waals surface area contributed by atoms with Crippen LogP contribution in [0.1, 0.15) is 19.8 Å². The van der Waals surface area contributed by atoms with Gasteiger partial charge in [-0.05, 0) is 44.0 Å². The van der Waals surface area contributed by atoms with Crippen LogP contribution in [0.5, 0.6) is 0 Å². The number of ether oxygens (including phenoxy) is 1. The van der Waals surface area contributed by atoms with Gasteiger partial charge in [0.1, 0.15) is 6.04 Å². The molecule has 1 aromatic carbocycles. The number of amides is 1. The van der Waals surface area contributed by atoms with Gasteiger partial charge >= 0.3 is 5.97 Å². The minimum atomic E-state index is -3.88. The summed E-state index contributed by atoms with van der Waals surface area (Å²) in [4.78, 5) is 23.2. The monoisotopic (exact) mass is 360 g/mol. The lowest BCUT2D eigenvalue weighted by atomic mass is 10.4. The quantitative estimate of drug-likeness (QED) is 0.701. The van der Waals surface area contributed by atoms with Gasteiger partial charge in [-0.25, -0.2) is 8.42 Å². The smallest absolute Gasteiger partial charge is 0.324 e. The Labute approximate surface area is 139 Å². The summed E-state index contributed by atoms with van der Waals surface area (Å²) in [6.07, 6.45) is 1.86. The third kappa shape index (κ3) is 5.49. The van der Waals surface area contributed by atoms with Crippen molar-refractivity contribution >= 4 is 33.5 Å². The lowest BCUT2D eigenvalue weighted by Crippen LogP contribution is -2.41. The Hall–Kier alpha value is -1.64. The van der Waals surface area contributed by atoms with Gasteiger partial charge in [0.15, 0.2) is 6.61 Å². The largest absolute Gasteiger partial charge is 0.454 e. The SMILES string of the molecule is C[C@H](NS(=O)(=O)c1ccc(Cl)cc1)C(=O)OCC(=O)NC1CC1. The molecule has 0 unspecified atom stereocenters. The molecule has 0 heterocycles. The van der Waals surface area contributed by atoms with E-state index in [9.17, 15) is 18.0 Å². The van der Waals surface area contributed by atoms with Crippen LogP contribution in [-0.2, 0) is 24.3 Å². The number of hydrogen-bond donors (Lipinski definition) is 2. The number of halogens is 1. The maximum Gasteiger partial charge on any atom is 0.324 e. The van der Waals surface area contributed by atoms with Crippen LogP contribution in [0, 0.1) is 0 Å². The first-order valence-electron chi connectivity index (χ1n) is 7.02. The van der Waals surface area contributed by atoms with Crippen LogP contribution >= 0.6 is 11.6 Å². The van der Waals surface area contributed by atoms with E-state index in [2.05, 4.69) is 10.0 Å². The molecule has 7 nitrogen and oxygen atoms in total. The lowest BCUT2D eigenvalue weighted by Gasteiger charge is -2.13. The number of sulfonamides is 1. The van der Waals surface area contributed by atoms with Gasteiger partial charge in [0.05, 0.1) is 4.90 Å². The van der Waals surface area contributed by atoms with E-state index in [0.29, 0.717) is 5.02 Å². The predicted octanol–water partition coefficient (Wildman–Crippen LogP) is 0.829. The van der Waals surface area contributed by atoms with E-state index in [1.165, 1.54) is 31.2 Å². The topological polar surface area (TPSA) is 102 Å². The number of rotatable bonds is 7. The molecule has 9 heteroatoms. The highest BCUT2D eigenvalue weighted by atomic mass is 35.5. The first-order valence-corrected chi connectivity index (χ1v) is 8.88. The third-order valence-electron chi connectivity index (χ3n) is 3.10. The maximum absolute atomic E-state index is 12.1. The van der Waals surface area contributed by atoms with Gasteiger partial charge in [0, 0.05) is 11.1 Å². The Morgan fingerprint density at radius 1 is 1.30 bits per heavy atom. The van der Waals surface area contributed by atoms with Crippen LogP contribution in [0.15, 0.2) is 29.2 Å². The minimum absolute atomic E-state index is 0.0203. The van der Waals surface area contributed by atoms with Crippen LogP contribution < -0.4 is 10.0 Å². The van der Waals surface area contributed by atoms with Gasteiger partial charge < -0.3 is 10.1 Å². The summed E-state index contributed by atoms with van der Waals surface area (Å²) in [5.74, 6) is -1.22. The van der Waals surface area contributed by atoms with Gasteiger partial charge in [0.25, 0.3) is 5.91 Å². The van der Waals surface area contributed by atoms with Crippen molar-refractivity contribution in [2.24, 2.45) is 0 Å². The average molecular weight is 361 g/mol. The average Bonchev–Trinajstić information content (AvgIpc) is 3.28. The van der Waals surface area contributed by atoms with E-state index in [-0.39, 0.29) is 10.9 Å². The molecule has 1 aromatic rings. The Bertz CT molecular complexity index is 686. The Kier molecular flexibility index (Phi) is 5.61. The Balaban J connectivity index is 1.86. The van der Waals surface area contributed by atoms with E-state index >= 15 is 0 Å². The van der Waals surface area contributed by atoms with Crippen molar-refractivity contribution in [2.75, 3.05) is 6.61 Å². The maximum atomic E-state index is 12.1. The zero-order chi connectivity index (χ0) is 17.0. The first kappa shape index (κ1) is 17.7. The van der Waals surface area contributed by atoms with E-state index in [4.69, 9.17) is 16.3 Å². The van der Waals surface area contributed by atoms with Crippen molar-refractivity contribution in [1.29, 1.82) is 0 Å². The molecule has 0 aromatic heterocycles. The predicted molar refractivity (Wildman–Crippen MR) is 83.4 cm³/mol. The molecule has 1 fully saturated rings. The van der Waals surface area contributed by atoms with E-state index in [1.807, 2.05) is 0 Å². The van der Waals surface area contributed by atoms with Gasteiger partial charge in [-0.2, -0.15) is 4.72 Å². The molecule has 0 bridgehead atoms. The van der Waals surface area contributed by atoms with Crippen molar-refractivity contribution in [1.82, 2.24) is 10.0 Å². The Morgan fingerprint density at radius 3 is 2.48 bits per heavy atom. The van der Waals surface area contributed by atoms with Crippen molar-refractivity contribution in [3.63, 3.8) is 0 Å². The number of benzene rings is 1. The second-order valence-corrected chi connectivity index (χ2v) is 7.40. The highest BCUT2D eigenvalue weighted by molar-refractivity contribution is 7.89. The van der Waals surface area contributed by atoms with Crippen LogP contribution in [-0.4, -0.2) is 39.0 Å². The fraction of sp³-hybridized carbons (Fsp3) is 0.429. The molecule has 1 aliphatic carbocycles. The summed E-state index contributed by atoms with van der Waals surface area (Å²) in [6.45, 7) is 0.914. The molecule has 1 atom stereocenters. The molecule has 0 radical (unpaired) electrons. The normalized spacial score (nSPS) is 15.7. The van der Waals surface area contributed by atoms with E-state index < -0.39 is 34.5 Å². The lowest BCUT2D eigenvalue weighted by molar-refractivity contribution is -0.149. The zero-order valence-electron chi connectivity index (χ0n) is 12.4. The van der Waals surface area contributed by atoms with Crippen LogP contribution in [0.2, 0.25) is 5.02 Å². The van der Waals surface area contributed by atoms with Gasteiger partial charge in [-0.3, -0.25) is 9.59 Å². The van der Waals surface area contributed by atoms with Crippen molar-refractivity contribution < 1.29 is 22.7 Å². The summed E-state index contributed by atoms with van der Waals surface area (Å²) in [6, 6.07) is 4.56. The summed E-state index contributed by atoms with van der Waals surface area (Å²) in [7, 11) is -3.88. The minimum Gasteiger partial charge on any atom is -0.454 e. The van der Waals surface area contributed by atoms with Gasteiger partial charge in [-0.15, -0.1) is 0 Å². The first-order chi connectivity index (χ1) is 10.8. The fourth-order valence-electron chi connectivity index (χ4n) is 1.72. The van der Waals surface area contributed by atoms with E-state index in [0.717, 1.165) is 12.8 Å². The Morgan fingerprint density at radius 2 is 1.91 bits per heavy atom.